The average Bonchev–Trinajstić information content (AvgIpc) is 2.82. The Morgan fingerprint density at radius 2 is 1.94 bits per heavy atom. The summed E-state index contributed by atoms with van der Waals surface area (Å²) in [5, 5.41) is 0. The summed E-state index contributed by atoms with van der Waals surface area (Å²) in [5.74, 6) is 0.800. The third kappa shape index (κ3) is 4.00. The number of unbranched alkanes of at least 4 members (excludes halogenated alkanes) is 2. The Labute approximate surface area is 116 Å². The van der Waals surface area contributed by atoms with Gasteiger partial charge in [-0.3, -0.25) is 0 Å². The molecule has 0 unspecified atom stereocenters. The number of fused-ring (bicyclic) bond motifs is 1. The number of rotatable bonds is 7. The van der Waals surface area contributed by atoms with Gasteiger partial charge in [0.15, 0.2) is 0 Å². The number of halogens is 1. The monoisotopic (exact) mass is 265 g/mol. The predicted octanol–water partition coefficient (Wildman–Crippen LogP) is 4.02. The van der Waals surface area contributed by atoms with Crippen LogP contribution in [-0.2, 0) is 19.4 Å². The molecule has 0 spiro atoms. The second-order valence-electron chi connectivity index (χ2n) is 5.44. The summed E-state index contributed by atoms with van der Waals surface area (Å²) in [6.07, 6.45) is 7.56. The molecule has 0 aliphatic heterocycles. The van der Waals surface area contributed by atoms with Gasteiger partial charge in [-0.1, -0.05) is 24.6 Å². The van der Waals surface area contributed by atoms with Crippen molar-refractivity contribution in [1.82, 2.24) is 4.90 Å². The molecule has 0 aromatic heterocycles. The van der Waals surface area contributed by atoms with Gasteiger partial charge in [0.25, 0.3) is 0 Å². The second-order valence-corrected chi connectivity index (χ2v) is 5.82. The number of alkyl halides is 1. The maximum atomic E-state index is 5.69. The van der Waals surface area contributed by atoms with Gasteiger partial charge in [-0.05, 0) is 62.4 Å². The molecular weight excluding hydrogens is 242 g/mol. The third-order valence-corrected chi connectivity index (χ3v) is 4.06. The van der Waals surface area contributed by atoms with Crippen molar-refractivity contribution < 1.29 is 0 Å². The summed E-state index contributed by atoms with van der Waals surface area (Å²) in [5.41, 5.74) is 4.63. The highest BCUT2D eigenvalue weighted by Gasteiger charge is 2.11. The van der Waals surface area contributed by atoms with Crippen LogP contribution in [0.15, 0.2) is 18.2 Å². The lowest BCUT2D eigenvalue weighted by molar-refractivity contribution is 0.318. The summed E-state index contributed by atoms with van der Waals surface area (Å²) in [4.78, 5) is 2.42. The molecule has 2 heteroatoms. The van der Waals surface area contributed by atoms with Gasteiger partial charge in [0.2, 0.25) is 0 Å². The normalized spacial score (nSPS) is 14.2. The van der Waals surface area contributed by atoms with Crippen molar-refractivity contribution in [2.45, 2.75) is 45.1 Å². The van der Waals surface area contributed by atoms with Crippen molar-refractivity contribution in [2.24, 2.45) is 0 Å². The maximum absolute atomic E-state index is 5.69. The van der Waals surface area contributed by atoms with Crippen molar-refractivity contribution in [3.05, 3.63) is 34.9 Å². The molecule has 2 rings (SSSR count). The van der Waals surface area contributed by atoms with Gasteiger partial charge in [0, 0.05) is 12.4 Å². The molecular formula is C16H24ClN. The van der Waals surface area contributed by atoms with E-state index in [0.717, 1.165) is 18.8 Å². The van der Waals surface area contributed by atoms with Crippen LogP contribution in [0.4, 0.5) is 0 Å². The van der Waals surface area contributed by atoms with E-state index in [0.29, 0.717) is 0 Å². The summed E-state index contributed by atoms with van der Waals surface area (Å²) in [6, 6.07) is 7.05. The number of aryl methyl sites for hydroxylation is 2. The molecule has 0 heterocycles. The first kappa shape index (κ1) is 13.9. The van der Waals surface area contributed by atoms with E-state index in [9.17, 15) is 0 Å². The van der Waals surface area contributed by atoms with Crippen LogP contribution in [0.25, 0.3) is 0 Å². The van der Waals surface area contributed by atoms with Crippen LogP contribution in [0.3, 0.4) is 0 Å². The highest BCUT2D eigenvalue weighted by atomic mass is 35.5. The Balaban J connectivity index is 1.78. The molecule has 1 aliphatic carbocycles. The lowest BCUT2D eigenvalue weighted by atomic mass is 10.1. The fourth-order valence-corrected chi connectivity index (χ4v) is 2.96. The van der Waals surface area contributed by atoms with Gasteiger partial charge in [-0.15, -0.1) is 11.6 Å². The minimum atomic E-state index is 0.800. The molecule has 0 amide bonds. The molecule has 0 fully saturated rings. The first-order valence-corrected chi connectivity index (χ1v) is 7.68. The molecule has 0 bridgehead atoms. The molecule has 18 heavy (non-hydrogen) atoms. The standard InChI is InChI=1S/C16H24ClN/c1-18(11-4-2-3-10-17)13-14-8-9-15-6-5-7-16(15)12-14/h8-9,12H,2-7,10-11,13H2,1H3. The Kier molecular flexibility index (Phi) is 5.52. The summed E-state index contributed by atoms with van der Waals surface area (Å²) in [7, 11) is 2.22. The lowest BCUT2D eigenvalue weighted by Gasteiger charge is -2.17. The zero-order valence-corrected chi connectivity index (χ0v) is 12.2. The van der Waals surface area contributed by atoms with E-state index in [1.165, 1.54) is 44.2 Å². The lowest BCUT2D eigenvalue weighted by Crippen LogP contribution is -2.19. The van der Waals surface area contributed by atoms with Crippen LogP contribution in [0.2, 0.25) is 0 Å². The van der Waals surface area contributed by atoms with Crippen LogP contribution >= 0.6 is 11.6 Å². The summed E-state index contributed by atoms with van der Waals surface area (Å²) in [6.45, 7) is 2.25. The van der Waals surface area contributed by atoms with Crippen LogP contribution < -0.4 is 0 Å². The molecule has 1 nitrogen and oxygen atoms in total. The van der Waals surface area contributed by atoms with E-state index >= 15 is 0 Å². The van der Waals surface area contributed by atoms with Gasteiger partial charge in [0.05, 0.1) is 0 Å². The topological polar surface area (TPSA) is 3.24 Å². The minimum Gasteiger partial charge on any atom is -0.302 e. The van der Waals surface area contributed by atoms with Crippen molar-refractivity contribution >= 4 is 11.6 Å². The van der Waals surface area contributed by atoms with Crippen LogP contribution in [0.1, 0.15) is 42.4 Å². The number of hydrogen-bond acceptors (Lipinski definition) is 1. The summed E-state index contributed by atoms with van der Waals surface area (Å²) < 4.78 is 0. The van der Waals surface area contributed by atoms with Gasteiger partial charge in [-0.25, -0.2) is 0 Å². The average molecular weight is 266 g/mol. The molecule has 0 N–H and O–H groups in total. The van der Waals surface area contributed by atoms with Crippen LogP contribution in [0.5, 0.6) is 0 Å². The van der Waals surface area contributed by atoms with Gasteiger partial charge in [-0.2, -0.15) is 0 Å². The quantitative estimate of drug-likeness (QED) is 0.532. The Hall–Kier alpha value is -0.530. The number of nitrogens with zero attached hydrogens (tertiary/aromatic N) is 1. The zero-order chi connectivity index (χ0) is 12.8. The fourth-order valence-electron chi connectivity index (χ4n) is 2.77. The molecule has 0 radical (unpaired) electrons. The second kappa shape index (κ2) is 7.16. The highest BCUT2D eigenvalue weighted by Crippen LogP contribution is 2.23. The van der Waals surface area contributed by atoms with E-state index in [-0.39, 0.29) is 0 Å². The number of benzene rings is 1. The van der Waals surface area contributed by atoms with Crippen molar-refractivity contribution in [3.8, 4) is 0 Å². The third-order valence-electron chi connectivity index (χ3n) is 3.79. The molecule has 0 atom stereocenters. The van der Waals surface area contributed by atoms with Crippen LogP contribution in [0, 0.1) is 0 Å². The fraction of sp³-hybridized carbons (Fsp3) is 0.625. The van der Waals surface area contributed by atoms with Crippen molar-refractivity contribution in [2.75, 3.05) is 19.5 Å². The summed E-state index contributed by atoms with van der Waals surface area (Å²) >= 11 is 5.69. The smallest absolute Gasteiger partial charge is 0.0230 e. The maximum Gasteiger partial charge on any atom is 0.0230 e. The molecule has 1 aromatic carbocycles. The first-order valence-electron chi connectivity index (χ1n) is 7.15. The van der Waals surface area contributed by atoms with E-state index < -0.39 is 0 Å². The van der Waals surface area contributed by atoms with Crippen molar-refractivity contribution in [3.63, 3.8) is 0 Å². The minimum absolute atomic E-state index is 0.800. The Morgan fingerprint density at radius 1 is 1.11 bits per heavy atom. The van der Waals surface area contributed by atoms with Crippen molar-refractivity contribution in [1.29, 1.82) is 0 Å². The van der Waals surface area contributed by atoms with Gasteiger partial charge in [0.1, 0.15) is 0 Å². The van der Waals surface area contributed by atoms with E-state index in [1.54, 1.807) is 11.1 Å². The molecule has 1 aliphatic rings. The molecule has 0 saturated carbocycles. The predicted molar refractivity (Wildman–Crippen MR) is 79.4 cm³/mol. The first-order chi connectivity index (χ1) is 8.79. The molecule has 0 saturated heterocycles. The van der Waals surface area contributed by atoms with E-state index in [2.05, 4.69) is 30.1 Å². The molecule has 100 valence electrons. The van der Waals surface area contributed by atoms with Crippen LogP contribution in [-0.4, -0.2) is 24.4 Å². The number of hydrogen-bond donors (Lipinski definition) is 0. The Bertz CT molecular complexity index is 375. The molecule has 1 aromatic rings. The SMILES string of the molecule is CN(CCCCCCl)Cc1ccc2c(c1)CCC2. The van der Waals surface area contributed by atoms with Gasteiger partial charge < -0.3 is 4.90 Å². The largest absolute Gasteiger partial charge is 0.302 e. The highest BCUT2D eigenvalue weighted by molar-refractivity contribution is 6.17. The van der Waals surface area contributed by atoms with Gasteiger partial charge >= 0.3 is 0 Å². The van der Waals surface area contributed by atoms with E-state index in [1.807, 2.05) is 0 Å². The zero-order valence-electron chi connectivity index (χ0n) is 11.4. The van der Waals surface area contributed by atoms with E-state index in [4.69, 9.17) is 11.6 Å². The Morgan fingerprint density at radius 3 is 2.78 bits per heavy atom.